The summed E-state index contributed by atoms with van der Waals surface area (Å²) in [5.41, 5.74) is 1.81. The van der Waals surface area contributed by atoms with Gasteiger partial charge in [-0.25, -0.2) is 8.78 Å². The molecule has 126 valence electrons. The largest absolute Gasteiger partial charge is 0.354 e. The Kier molecular flexibility index (Phi) is 4.99. The van der Waals surface area contributed by atoms with E-state index in [4.69, 9.17) is 0 Å². The van der Waals surface area contributed by atoms with Gasteiger partial charge < -0.3 is 10.6 Å². The Balaban J connectivity index is 1.68. The molecule has 0 radical (unpaired) electrons. The van der Waals surface area contributed by atoms with Crippen molar-refractivity contribution in [2.45, 2.75) is 6.54 Å². The van der Waals surface area contributed by atoms with Crippen molar-refractivity contribution in [2.24, 2.45) is 0 Å². The van der Waals surface area contributed by atoms with Gasteiger partial charge in [0.05, 0.1) is 17.4 Å². The fourth-order valence-corrected chi connectivity index (χ4v) is 2.28. The van der Waals surface area contributed by atoms with Crippen LogP contribution in [0.4, 0.5) is 20.2 Å². The van der Waals surface area contributed by atoms with Crippen LogP contribution >= 0.6 is 0 Å². The van der Waals surface area contributed by atoms with E-state index < -0.39 is 0 Å². The van der Waals surface area contributed by atoms with Crippen molar-refractivity contribution in [3.8, 4) is 0 Å². The van der Waals surface area contributed by atoms with Crippen LogP contribution in [0, 0.1) is 11.6 Å². The van der Waals surface area contributed by atoms with Crippen molar-refractivity contribution in [2.75, 3.05) is 5.32 Å². The zero-order valence-corrected chi connectivity index (χ0v) is 13.2. The minimum atomic E-state index is -0.376. The molecule has 4 nitrogen and oxygen atoms in total. The summed E-state index contributed by atoms with van der Waals surface area (Å²) in [6, 6.07) is 13.8. The number of nitrogens with zero attached hydrogens (tertiary/aromatic N) is 1. The highest BCUT2D eigenvalue weighted by Crippen LogP contribution is 2.17. The fraction of sp³-hybridized carbons (Fsp3) is 0.0526. The van der Waals surface area contributed by atoms with Gasteiger partial charge >= 0.3 is 0 Å². The van der Waals surface area contributed by atoms with Crippen LogP contribution in [0.25, 0.3) is 0 Å². The Labute approximate surface area is 143 Å². The molecule has 6 heteroatoms. The molecule has 0 atom stereocenters. The average Bonchev–Trinajstić information content (AvgIpc) is 2.61. The van der Waals surface area contributed by atoms with Crippen molar-refractivity contribution in [3.05, 3.63) is 89.8 Å². The van der Waals surface area contributed by atoms with Crippen molar-refractivity contribution in [1.29, 1.82) is 0 Å². The Hall–Kier alpha value is -3.28. The molecular formula is C19H15F2N3O. The second-order valence-corrected chi connectivity index (χ2v) is 5.37. The number of halogens is 2. The van der Waals surface area contributed by atoms with Crippen LogP contribution in [-0.2, 0) is 6.54 Å². The summed E-state index contributed by atoms with van der Waals surface area (Å²) in [6.07, 6.45) is 2.94. The molecule has 1 amide bonds. The summed E-state index contributed by atoms with van der Waals surface area (Å²) < 4.78 is 26.8. The molecule has 0 aliphatic rings. The standard InChI is InChI=1S/C19H15F2N3O/c20-15-5-3-6-16(9-15)24-17-8-14(10-22-12-17)19(25)23-11-13-4-1-2-7-18(13)21/h1-10,12,24H,11H2,(H,23,25). The first-order valence-corrected chi connectivity index (χ1v) is 7.61. The summed E-state index contributed by atoms with van der Waals surface area (Å²) >= 11 is 0. The molecule has 1 heterocycles. The van der Waals surface area contributed by atoms with E-state index in [-0.39, 0.29) is 24.1 Å². The minimum Gasteiger partial charge on any atom is -0.354 e. The quantitative estimate of drug-likeness (QED) is 0.738. The van der Waals surface area contributed by atoms with Crippen molar-refractivity contribution in [1.82, 2.24) is 10.3 Å². The van der Waals surface area contributed by atoms with E-state index in [0.717, 1.165) is 0 Å². The smallest absolute Gasteiger partial charge is 0.253 e. The highest BCUT2D eigenvalue weighted by atomic mass is 19.1. The lowest BCUT2D eigenvalue weighted by Gasteiger charge is -2.09. The molecule has 3 aromatic rings. The minimum absolute atomic E-state index is 0.0764. The van der Waals surface area contributed by atoms with Crippen molar-refractivity contribution in [3.63, 3.8) is 0 Å². The second kappa shape index (κ2) is 7.53. The summed E-state index contributed by atoms with van der Waals surface area (Å²) in [5, 5.41) is 5.63. The summed E-state index contributed by atoms with van der Waals surface area (Å²) in [4.78, 5) is 16.2. The predicted octanol–water partition coefficient (Wildman–Crippen LogP) is 4.03. The number of nitrogens with one attached hydrogen (secondary N) is 2. The fourth-order valence-electron chi connectivity index (χ4n) is 2.28. The molecule has 2 aromatic carbocycles. The number of rotatable bonds is 5. The average molecular weight is 339 g/mol. The SMILES string of the molecule is O=C(NCc1ccccc1F)c1cncc(Nc2cccc(F)c2)c1. The van der Waals surface area contributed by atoms with Crippen molar-refractivity contribution < 1.29 is 13.6 Å². The lowest BCUT2D eigenvalue weighted by Crippen LogP contribution is -2.23. The Morgan fingerprint density at radius 3 is 2.60 bits per heavy atom. The second-order valence-electron chi connectivity index (χ2n) is 5.37. The van der Waals surface area contributed by atoms with E-state index in [1.165, 1.54) is 30.6 Å². The van der Waals surface area contributed by atoms with Crippen LogP contribution in [0.3, 0.4) is 0 Å². The van der Waals surface area contributed by atoms with Crippen LogP contribution < -0.4 is 10.6 Å². The van der Waals surface area contributed by atoms with E-state index in [1.54, 1.807) is 36.4 Å². The third kappa shape index (κ3) is 4.38. The van der Waals surface area contributed by atoms with Gasteiger partial charge in [0.15, 0.2) is 0 Å². The molecule has 0 unspecified atom stereocenters. The highest BCUT2D eigenvalue weighted by molar-refractivity contribution is 5.94. The third-order valence-corrected chi connectivity index (χ3v) is 3.51. The first-order valence-electron chi connectivity index (χ1n) is 7.61. The van der Waals surface area contributed by atoms with Gasteiger partial charge in [0.1, 0.15) is 11.6 Å². The third-order valence-electron chi connectivity index (χ3n) is 3.51. The van der Waals surface area contributed by atoms with Gasteiger partial charge in [0.2, 0.25) is 0 Å². The zero-order valence-electron chi connectivity index (χ0n) is 13.2. The molecule has 0 saturated heterocycles. The number of carbonyl (C=O) groups is 1. The number of anilines is 2. The van der Waals surface area contributed by atoms with Gasteiger partial charge in [0.25, 0.3) is 5.91 Å². The Morgan fingerprint density at radius 1 is 0.960 bits per heavy atom. The molecule has 25 heavy (non-hydrogen) atoms. The van der Waals surface area contributed by atoms with Gasteiger partial charge in [-0.2, -0.15) is 0 Å². The number of amides is 1. The van der Waals surface area contributed by atoms with E-state index in [9.17, 15) is 13.6 Å². The van der Waals surface area contributed by atoms with Gasteiger partial charge in [-0.15, -0.1) is 0 Å². The van der Waals surface area contributed by atoms with Gasteiger partial charge in [-0.05, 0) is 30.3 Å². The first-order chi connectivity index (χ1) is 12.1. The molecule has 0 spiro atoms. The molecule has 0 fully saturated rings. The van der Waals surface area contributed by atoms with Crippen molar-refractivity contribution >= 4 is 17.3 Å². The molecular weight excluding hydrogens is 324 g/mol. The number of hydrogen-bond donors (Lipinski definition) is 2. The number of benzene rings is 2. The molecule has 1 aromatic heterocycles. The molecule has 3 rings (SSSR count). The van der Waals surface area contributed by atoms with Crippen LogP contribution in [0.5, 0.6) is 0 Å². The Morgan fingerprint density at radius 2 is 1.80 bits per heavy atom. The Bertz CT molecular complexity index is 899. The van der Waals surface area contributed by atoms with Gasteiger partial charge in [0, 0.05) is 24.0 Å². The summed E-state index contributed by atoms with van der Waals surface area (Å²) in [5.74, 6) is -1.11. The van der Waals surface area contributed by atoms with E-state index in [1.807, 2.05) is 0 Å². The number of aromatic nitrogens is 1. The van der Waals surface area contributed by atoms with E-state index in [2.05, 4.69) is 15.6 Å². The molecule has 0 bridgehead atoms. The van der Waals surface area contributed by atoms with Gasteiger partial charge in [-0.1, -0.05) is 24.3 Å². The first kappa shape index (κ1) is 16.6. The molecule has 0 aliphatic heterocycles. The number of pyridine rings is 1. The molecule has 2 N–H and O–H groups in total. The van der Waals surface area contributed by atoms with Gasteiger partial charge in [-0.3, -0.25) is 9.78 Å². The summed E-state index contributed by atoms with van der Waals surface area (Å²) in [6.45, 7) is 0.0764. The lowest BCUT2D eigenvalue weighted by molar-refractivity contribution is 0.0950. The van der Waals surface area contributed by atoms with Crippen LogP contribution in [0.1, 0.15) is 15.9 Å². The van der Waals surface area contributed by atoms with Crippen LogP contribution in [-0.4, -0.2) is 10.9 Å². The van der Waals surface area contributed by atoms with E-state index in [0.29, 0.717) is 22.5 Å². The molecule has 0 aliphatic carbocycles. The summed E-state index contributed by atoms with van der Waals surface area (Å²) in [7, 11) is 0. The van der Waals surface area contributed by atoms with Crippen LogP contribution in [0.2, 0.25) is 0 Å². The maximum absolute atomic E-state index is 13.6. The molecule has 0 saturated carbocycles. The highest BCUT2D eigenvalue weighted by Gasteiger charge is 2.09. The zero-order chi connectivity index (χ0) is 17.6. The number of carbonyl (C=O) groups excluding carboxylic acids is 1. The number of hydrogen-bond acceptors (Lipinski definition) is 3. The predicted molar refractivity (Wildman–Crippen MR) is 91.5 cm³/mol. The monoisotopic (exact) mass is 339 g/mol. The topological polar surface area (TPSA) is 54.0 Å². The maximum Gasteiger partial charge on any atom is 0.253 e. The normalized spacial score (nSPS) is 10.3. The lowest BCUT2D eigenvalue weighted by atomic mass is 10.2. The van der Waals surface area contributed by atoms with E-state index >= 15 is 0 Å². The van der Waals surface area contributed by atoms with Crippen LogP contribution in [0.15, 0.2) is 67.0 Å². The maximum atomic E-state index is 13.6.